The normalized spacial score (nSPS) is 11.6. The van der Waals surface area contributed by atoms with Gasteiger partial charge in [0.25, 0.3) is 0 Å². The summed E-state index contributed by atoms with van der Waals surface area (Å²) in [5.41, 5.74) is 2.48. The van der Waals surface area contributed by atoms with E-state index in [1.807, 2.05) is 55.5 Å². The van der Waals surface area contributed by atoms with E-state index in [1.54, 1.807) is 20.3 Å². The zero-order valence-electron chi connectivity index (χ0n) is 16.1. The zero-order chi connectivity index (χ0) is 19.9. The molecular weight excluding hydrogens is 356 g/mol. The van der Waals surface area contributed by atoms with Gasteiger partial charge in [-0.25, -0.2) is 4.98 Å². The van der Waals surface area contributed by atoms with Crippen LogP contribution in [0.3, 0.4) is 0 Å². The van der Waals surface area contributed by atoms with Crippen molar-refractivity contribution in [2.24, 2.45) is 0 Å². The molecule has 1 aromatic heterocycles. The lowest BCUT2D eigenvalue weighted by Crippen LogP contribution is -2.21. The molecule has 146 valence electrons. The maximum Gasteiger partial charge on any atom is 0.225 e. The lowest BCUT2D eigenvalue weighted by Gasteiger charge is -2.16. The Hall–Kier alpha value is -3.32. The average molecular weight is 380 g/mol. The molecule has 0 aliphatic carbocycles. The zero-order valence-corrected chi connectivity index (χ0v) is 16.1. The molecule has 1 heterocycles. The van der Waals surface area contributed by atoms with Gasteiger partial charge in [0.15, 0.2) is 0 Å². The van der Waals surface area contributed by atoms with Crippen LogP contribution in [0.2, 0.25) is 0 Å². The van der Waals surface area contributed by atoms with Crippen LogP contribution in [0.25, 0.3) is 11.3 Å². The third kappa shape index (κ3) is 4.69. The smallest absolute Gasteiger partial charge is 0.225 e. The highest BCUT2D eigenvalue weighted by atomic mass is 16.5. The Morgan fingerprint density at radius 3 is 2.46 bits per heavy atom. The van der Waals surface area contributed by atoms with Crippen molar-refractivity contribution in [1.82, 2.24) is 9.97 Å². The molecule has 28 heavy (non-hydrogen) atoms. The van der Waals surface area contributed by atoms with E-state index in [-0.39, 0.29) is 12.6 Å². The average Bonchev–Trinajstić information content (AvgIpc) is 2.74. The second kappa shape index (κ2) is 9.05. The van der Waals surface area contributed by atoms with Crippen molar-refractivity contribution in [3.8, 4) is 22.8 Å². The summed E-state index contributed by atoms with van der Waals surface area (Å²) in [6, 6.07) is 17.1. The largest absolute Gasteiger partial charge is 0.497 e. The molecule has 0 amide bonds. The van der Waals surface area contributed by atoms with Gasteiger partial charge < -0.3 is 25.2 Å². The van der Waals surface area contributed by atoms with E-state index in [0.29, 0.717) is 23.3 Å². The number of benzene rings is 2. The summed E-state index contributed by atoms with van der Waals surface area (Å²) in [7, 11) is 3.21. The Morgan fingerprint density at radius 2 is 1.79 bits per heavy atom. The molecule has 2 aromatic carbocycles. The molecule has 0 bridgehead atoms. The highest BCUT2D eigenvalue weighted by Crippen LogP contribution is 2.32. The number of rotatable bonds is 8. The summed E-state index contributed by atoms with van der Waals surface area (Å²) in [6.07, 6.45) is 0. The maximum atomic E-state index is 9.34. The molecule has 0 aliphatic heterocycles. The van der Waals surface area contributed by atoms with E-state index in [9.17, 15) is 5.11 Å². The van der Waals surface area contributed by atoms with Gasteiger partial charge in [0.1, 0.15) is 17.3 Å². The second-order valence-corrected chi connectivity index (χ2v) is 6.25. The van der Waals surface area contributed by atoms with Gasteiger partial charge in [-0.3, -0.25) is 0 Å². The Bertz CT molecular complexity index is 919. The summed E-state index contributed by atoms with van der Waals surface area (Å²) in [5, 5.41) is 15.7. The van der Waals surface area contributed by atoms with Crippen molar-refractivity contribution in [2.45, 2.75) is 13.0 Å². The lowest BCUT2D eigenvalue weighted by molar-refractivity contribution is 0.281. The molecule has 7 nitrogen and oxygen atoms in total. The van der Waals surface area contributed by atoms with E-state index in [0.717, 1.165) is 16.9 Å². The van der Waals surface area contributed by atoms with E-state index < -0.39 is 0 Å². The number of ether oxygens (including phenoxy) is 2. The molecule has 0 unspecified atom stereocenters. The SMILES string of the molecule is COc1ccc(Nc2cc(-c3ccccc3)nc(N[C@H](C)CO)n2)c(OC)c1. The number of hydrogen-bond acceptors (Lipinski definition) is 7. The summed E-state index contributed by atoms with van der Waals surface area (Å²) in [5.74, 6) is 2.37. The lowest BCUT2D eigenvalue weighted by atomic mass is 10.1. The highest BCUT2D eigenvalue weighted by Gasteiger charge is 2.11. The number of nitrogens with zero attached hydrogens (tertiary/aromatic N) is 2. The van der Waals surface area contributed by atoms with Gasteiger partial charge in [-0.2, -0.15) is 4.98 Å². The molecule has 0 saturated heterocycles. The number of hydrogen-bond donors (Lipinski definition) is 3. The summed E-state index contributed by atoms with van der Waals surface area (Å²) in [4.78, 5) is 9.11. The van der Waals surface area contributed by atoms with E-state index in [2.05, 4.69) is 20.6 Å². The molecule has 0 spiro atoms. The maximum absolute atomic E-state index is 9.34. The van der Waals surface area contributed by atoms with E-state index >= 15 is 0 Å². The fourth-order valence-corrected chi connectivity index (χ4v) is 2.64. The number of methoxy groups -OCH3 is 2. The van der Waals surface area contributed by atoms with Crippen molar-refractivity contribution >= 4 is 17.5 Å². The number of aromatic nitrogens is 2. The Kier molecular flexibility index (Phi) is 6.29. The van der Waals surface area contributed by atoms with Crippen LogP contribution >= 0.6 is 0 Å². The van der Waals surface area contributed by atoms with Crippen molar-refractivity contribution in [1.29, 1.82) is 0 Å². The van der Waals surface area contributed by atoms with Gasteiger partial charge in [0.2, 0.25) is 5.95 Å². The monoisotopic (exact) mass is 380 g/mol. The fourth-order valence-electron chi connectivity index (χ4n) is 2.64. The van der Waals surface area contributed by atoms with Gasteiger partial charge in [0, 0.05) is 23.7 Å². The molecule has 3 N–H and O–H groups in total. The van der Waals surface area contributed by atoms with Crippen molar-refractivity contribution in [2.75, 3.05) is 31.5 Å². The molecule has 3 aromatic rings. The van der Waals surface area contributed by atoms with Crippen molar-refractivity contribution < 1.29 is 14.6 Å². The number of nitrogens with one attached hydrogen (secondary N) is 2. The number of aliphatic hydroxyl groups is 1. The van der Waals surface area contributed by atoms with Crippen LogP contribution in [0.15, 0.2) is 54.6 Å². The summed E-state index contributed by atoms with van der Waals surface area (Å²) < 4.78 is 10.7. The topological polar surface area (TPSA) is 88.5 Å². The molecule has 0 saturated carbocycles. The van der Waals surface area contributed by atoms with Crippen LogP contribution in [-0.2, 0) is 0 Å². The first-order chi connectivity index (χ1) is 13.6. The molecule has 1 atom stereocenters. The van der Waals surface area contributed by atoms with E-state index in [4.69, 9.17) is 9.47 Å². The minimum atomic E-state index is -0.172. The molecular formula is C21H24N4O3. The summed E-state index contributed by atoms with van der Waals surface area (Å²) >= 11 is 0. The minimum absolute atomic E-state index is 0.0199. The van der Waals surface area contributed by atoms with Gasteiger partial charge in [-0.05, 0) is 19.1 Å². The molecule has 3 rings (SSSR count). The first-order valence-corrected chi connectivity index (χ1v) is 8.94. The van der Waals surface area contributed by atoms with Crippen LogP contribution in [0.5, 0.6) is 11.5 Å². The van der Waals surface area contributed by atoms with Gasteiger partial charge in [-0.15, -0.1) is 0 Å². The Morgan fingerprint density at radius 1 is 1.00 bits per heavy atom. The van der Waals surface area contributed by atoms with Crippen LogP contribution in [0, 0.1) is 0 Å². The van der Waals surface area contributed by atoms with Gasteiger partial charge in [0.05, 0.1) is 32.2 Å². The molecule has 0 fully saturated rings. The van der Waals surface area contributed by atoms with E-state index in [1.165, 1.54) is 0 Å². The predicted octanol–water partition coefficient (Wildman–Crippen LogP) is 3.70. The summed E-state index contributed by atoms with van der Waals surface area (Å²) in [6.45, 7) is 1.84. The van der Waals surface area contributed by atoms with Crippen LogP contribution in [0.4, 0.5) is 17.5 Å². The van der Waals surface area contributed by atoms with Crippen molar-refractivity contribution in [3.05, 3.63) is 54.6 Å². The third-order valence-electron chi connectivity index (χ3n) is 4.12. The minimum Gasteiger partial charge on any atom is -0.497 e. The van der Waals surface area contributed by atoms with Gasteiger partial charge >= 0.3 is 0 Å². The second-order valence-electron chi connectivity index (χ2n) is 6.25. The first-order valence-electron chi connectivity index (χ1n) is 8.94. The fraction of sp³-hybridized carbons (Fsp3) is 0.238. The number of anilines is 3. The van der Waals surface area contributed by atoms with Gasteiger partial charge in [-0.1, -0.05) is 30.3 Å². The predicted molar refractivity (Wildman–Crippen MR) is 110 cm³/mol. The van der Waals surface area contributed by atoms with Crippen molar-refractivity contribution in [3.63, 3.8) is 0 Å². The Balaban J connectivity index is 1.99. The molecule has 0 aliphatic rings. The molecule has 7 heteroatoms. The quantitative estimate of drug-likeness (QED) is 0.549. The third-order valence-corrected chi connectivity index (χ3v) is 4.12. The van der Waals surface area contributed by atoms with Crippen LogP contribution in [-0.4, -0.2) is 41.9 Å². The first kappa shape index (κ1) is 19.4. The Labute approximate surface area is 164 Å². The number of aliphatic hydroxyl groups excluding tert-OH is 1. The van der Waals surface area contributed by atoms with Crippen LogP contribution < -0.4 is 20.1 Å². The van der Waals surface area contributed by atoms with Crippen LogP contribution in [0.1, 0.15) is 6.92 Å². The highest BCUT2D eigenvalue weighted by molar-refractivity contribution is 5.70. The standard InChI is InChI=1S/C21H24N4O3/c1-14(13-26)22-21-24-18(15-7-5-4-6-8-15)12-20(25-21)23-17-10-9-16(27-2)11-19(17)28-3/h4-12,14,26H,13H2,1-3H3,(H2,22,23,24,25)/t14-/m1/s1. The molecule has 0 radical (unpaired) electrons.